The van der Waals surface area contributed by atoms with E-state index in [2.05, 4.69) is 12.6 Å². The first-order chi connectivity index (χ1) is 6.22. The fraction of sp³-hybridized carbons (Fsp3) is 0.700. The standard InChI is InChI=1S/C10H15NO2/c1-2-9(12)13-10(8-11)6-4-3-5-7-10/h2,9,12H,1,3-7H2. The zero-order valence-electron chi connectivity index (χ0n) is 7.70. The van der Waals surface area contributed by atoms with Crippen molar-refractivity contribution in [3.05, 3.63) is 12.7 Å². The summed E-state index contributed by atoms with van der Waals surface area (Å²) in [7, 11) is 0. The van der Waals surface area contributed by atoms with Gasteiger partial charge in [0.25, 0.3) is 0 Å². The second kappa shape index (κ2) is 4.40. The van der Waals surface area contributed by atoms with Gasteiger partial charge in [0.05, 0.1) is 6.07 Å². The molecule has 1 unspecified atom stereocenters. The molecule has 1 aliphatic carbocycles. The number of hydrogen-bond donors (Lipinski definition) is 1. The lowest BCUT2D eigenvalue weighted by Gasteiger charge is -2.31. The number of aliphatic hydroxyl groups excluding tert-OH is 1. The molecule has 0 bridgehead atoms. The van der Waals surface area contributed by atoms with Crippen molar-refractivity contribution in [1.29, 1.82) is 5.26 Å². The molecule has 0 aliphatic heterocycles. The molecule has 0 saturated heterocycles. The maximum atomic E-state index is 9.22. The Bertz CT molecular complexity index is 213. The van der Waals surface area contributed by atoms with E-state index in [1.807, 2.05) is 0 Å². The van der Waals surface area contributed by atoms with Gasteiger partial charge >= 0.3 is 0 Å². The lowest BCUT2D eigenvalue weighted by atomic mass is 9.86. The van der Waals surface area contributed by atoms with E-state index in [9.17, 15) is 5.11 Å². The minimum Gasteiger partial charge on any atom is -0.365 e. The van der Waals surface area contributed by atoms with Crippen LogP contribution in [0.4, 0.5) is 0 Å². The first-order valence-corrected chi connectivity index (χ1v) is 4.62. The monoisotopic (exact) mass is 181 g/mol. The van der Waals surface area contributed by atoms with Gasteiger partial charge in [0.15, 0.2) is 11.9 Å². The van der Waals surface area contributed by atoms with Crippen LogP contribution in [0, 0.1) is 11.3 Å². The molecule has 3 heteroatoms. The topological polar surface area (TPSA) is 53.2 Å². The maximum Gasteiger partial charge on any atom is 0.175 e. The summed E-state index contributed by atoms with van der Waals surface area (Å²) in [6.45, 7) is 3.41. The van der Waals surface area contributed by atoms with Gasteiger partial charge in [0.2, 0.25) is 0 Å². The van der Waals surface area contributed by atoms with Crippen LogP contribution in [0.3, 0.4) is 0 Å². The van der Waals surface area contributed by atoms with Gasteiger partial charge in [-0.3, -0.25) is 0 Å². The SMILES string of the molecule is C=CC(O)OC1(C#N)CCCCC1. The van der Waals surface area contributed by atoms with Crippen molar-refractivity contribution in [2.24, 2.45) is 0 Å². The molecule has 1 atom stereocenters. The normalized spacial score (nSPS) is 23.1. The second-order valence-corrected chi connectivity index (χ2v) is 3.41. The lowest BCUT2D eigenvalue weighted by Crippen LogP contribution is -2.36. The highest BCUT2D eigenvalue weighted by Crippen LogP contribution is 2.31. The van der Waals surface area contributed by atoms with E-state index in [4.69, 9.17) is 10.00 Å². The molecule has 1 fully saturated rings. The summed E-state index contributed by atoms with van der Waals surface area (Å²) in [6.07, 6.45) is 4.86. The number of nitriles is 1. The van der Waals surface area contributed by atoms with Gasteiger partial charge in [-0.15, -0.1) is 0 Å². The van der Waals surface area contributed by atoms with Crippen LogP contribution < -0.4 is 0 Å². The van der Waals surface area contributed by atoms with Crippen LogP contribution in [-0.4, -0.2) is 17.0 Å². The van der Waals surface area contributed by atoms with Gasteiger partial charge in [-0.2, -0.15) is 5.26 Å². The van der Waals surface area contributed by atoms with Crippen LogP contribution >= 0.6 is 0 Å². The Morgan fingerprint density at radius 2 is 2.08 bits per heavy atom. The van der Waals surface area contributed by atoms with E-state index in [1.165, 1.54) is 6.08 Å². The first kappa shape index (κ1) is 10.2. The van der Waals surface area contributed by atoms with Crippen LogP contribution in [0.5, 0.6) is 0 Å². The molecule has 0 radical (unpaired) electrons. The van der Waals surface area contributed by atoms with Crippen molar-refractivity contribution in [3.63, 3.8) is 0 Å². The minimum absolute atomic E-state index is 0.717. The average Bonchev–Trinajstić information content (AvgIpc) is 2.19. The molecule has 0 aromatic rings. The zero-order valence-corrected chi connectivity index (χ0v) is 7.70. The third-order valence-corrected chi connectivity index (χ3v) is 2.41. The Labute approximate surface area is 78.6 Å². The van der Waals surface area contributed by atoms with Gasteiger partial charge in [-0.25, -0.2) is 0 Å². The van der Waals surface area contributed by atoms with Crippen molar-refractivity contribution < 1.29 is 9.84 Å². The van der Waals surface area contributed by atoms with Crippen LogP contribution in [0.25, 0.3) is 0 Å². The molecule has 0 spiro atoms. The van der Waals surface area contributed by atoms with Crippen molar-refractivity contribution in [3.8, 4) is 6.07 Å². The Kier molecular flexibility index (Phi) is 3.47. The molecule has 1 aliphatic rings. The summed E-state index contributed by atoms with van der Waals surface area (Å²) in [4.78, 5) is 0. The van der Waals surface area contributed by atoms with E-state index in [0.29, 0.717) is 12.8 Å². The summed E-state index contributed by atoms with van der Waals surface area (Å²) in [5.41, 5.74) is -0.772. The molecule has 1 rings (SSSR count). The van der Waals surface area contributed by atoms with E-state index in [0.717, 1.165) is 19.3 Å². The quantitative estimate of drug-likeness (QED) is 0.533. The highest BCUT2D eigenvalue weighted by Gasteiger charge is 2.34. The Hall–Kier alpha value is -0.850. The summed E-state index contributed by atoms with van der Waals surface area (Å²) < 4.78 is 5.25. The highest BCUT2D eigenvalue weighted by molar-refractivity contribution is 5.04. The summed E-state index contributed by atoms with van der Waals surface area (Å²) >= 11 is 0. The third-order valence-electron chi connectivity index (χ3n) is 2.41. The van der Waals surface area contributed by atoms with Gasteiger partial charge < -0.3 is 9.84 Å². The average molecular weight is 181 g/mol. The fourth-order valence-electron chi connectivity index (χ4n) is 1.66. The van der Waals surface area contributed by atoms with Crippen LogP contribution in [-0.2, 0) is 4.74 Å². The predicted molar refractivity (Wildman–Crippen MR) is 48.7 cm³/mol. The maximum absolute atomic E-state index is 9.22. The molecule has 0 amide bonds. The van der Waals surface area contributed by atoms with Crippen LogP contribution in [0.2, 0.25) is 0 Å². The van der Waals surface area contributed by atoms with Gasteiger partial charge in [-0.1, -0.05) is 13.0 Å². The number of aliphatic hydroxyl groups is 1. The molecule has 1 N–H and O–H groups in total. The molecule has 3 nitrogen and oxygen atoms in total. The van der Waals surface area contributed by atoms with Gasteiger partial charge in [-0.05, 0) is 31.8 Å². The number of hydrogen-bond acceptors (Lipinski definition) is 3. The Balaban J connectivity index is 2.58. The van der Waals surface area contributed by atoms with Crippen LogP contribution in [0.1, 0.15) is 32.1 Å². The van der Waals surface area contributed by atoms with Crippen LogP contribution in [0.15, 0.2) is 12.7 Å². The highest BCUT2D eigenvalue weighted by atomic mass is 16.6. The summed E-state index contributed by atoms with van der Waals surface area (Å²) in [5, 5.41) is 18.2. The van der Waals surface area contributed by atoms with E-state index in [1.54, 1.807) is 0 Å². The summed E-state index contributed by atoms with van der Waals surface area (Å²) in [5.74, 6) is 0. The van der Waals surface area contributed by atoms with Crippen molar-refractivity contribution in [1.82, 2.24) is 0 Å². The van der Waals surface area contributed by atoms with E-state index >= 15 is 0 Å². The molecule has 1 saturated carbocycles. The van der Waals surface area contributed by atoms with Gasteiger partial charge in [0, 0.05) is 0 Å². The molecule has 13 heavy (non-hydrogen) atoms. The van der Waals surface area contributed by atoms with Crippen molar-refractivity contribution in [2.75, 3.05) is 0 Å². The number of rotatable bonds is 3. The smallest absolute Gasteiger partial charge is 0.175 e. The molecule has 72 valence electrons. The summed E-state index contributed by atoms with van der Waals surface area (Å²) in [6, 6.07) is 2.15. The molecule has 0 heterocycles. The number of ether oxygens (including phenoxy) is 1. The second-order valence-electron chi connectivity index (χ2n) is 3.41. The van der Waals surface area contributed by atoms with E-state index < -0.39 is 11.9 Å². The van der Waals surface area contributed by atoms with E-state index in [-0.39, 0.29) is 0 Å². The number of nitrogens with zero attached hydrogens (tertiary/aromatic N) is 1. The van der Waals surface area contributed by atoms with Gasteiger partial charge in [0.1, 0.15) is 0 Å². The first-order valence-electron chi connectivity index (χ1n) is 4.62. The third kappa shape index (κ3) is 2.55. The lowest BCUT2D eigenvalue weighted by molar-refractivity contribution is -0.147. The fourth-order valence-corrected chi connectivity index (χ4v) is 1.66. The molecular weight excluding hydrogens is 166 g/mol. The molecule has 0 aromatic heterocycles. The molecule has 0 aromatic carbocycles. The predicted octanol–water partition coefficient (Wildman–Crippen LogP) is 1.73. The Morgan fingerprint density at radius 3 is 2.54 bits per heavy atom. The largest absolute Gasteiger partial charge is 0.365 e. The Morgan fingerprint density at radius 1 is 1.46 bits per heavy atom. The molecular formula is C10H15NO2. The van der Waals surface area contributed by atoms with Crippen molar-refractivity contribution in [2.45, 2.75) is 44.0 Å². The minimum atomic E-state index is -1.02. The zero-order chi connectivity index (χ0) is 9.73. The van der Waals surface area contributed by atoms with Crippen molar-refractivity contribution >= 4 is 0 Å².